The lowest BCUT2D eigenvalue weighted by molar-refractivity contribution is -0.122. The van der Waals surface area contributed by atoms with E-state index in [1.54, 1.807) is 7.05 Å². The van der Waals surface area contributed by atoms with Crippen molar-refractivity contribution < 1.29 is 9.53 Å². The molecule has 4 nitrogen and oxygen atoms in total. The summed E-state index contributed by atoms with van der Waals surface area (Å²) in [7, 11) is 1.60. The lowest BCUT2D eigenvalue weighted by Gasteiger charge is -2.39. The zero-order valence-electron chi connectivity index (χ0n) is 12.5. The summed E-state index contributed by atoms with van der Waals surface area (Å²) in [4.78, 5) is 11.2. The van der Waals surface area contributed by atoms with Gasteiger partial charge < -0.3 is 15.4 Å². The minimum atomic E-state index is -0.123. The van der Waals surface area contributed by atoms with E-state index in [-0.39, 0.29) is 12.5 Å². The van der Waals surface area contributed by atoms with Crippen LogP contribution in [0.3, 0.4) is 0 Å². The quantitative estimate of drug-likeness (QED) is 0.840. The Morgan fingerprint density at radius 3 is 2.80 bits per heavy atom. The molecule has 1 fully saturated rings. The van der Waals surface area contributed by atoms with Gasteiger partial charge in [0.15, 0.2) is 6.61 Å². The second kappa shape index (κ2) is 6.64. The first-order valence-corrected chi connectivity index (χ1v) is 7.28. The molecule has 1 aromatic carbocycles. The third kappa shape index (κ3) is 3.89. The van der Waals surface area contributed by atoms with Crippen LogP contribution in [0.4, 0.5) is 5.69 Å². The Kier molecular flexibility index (Phi) is 4.88. The van der Waals surface area contributed by atoms with Crippen molar-refractivity contribution in [3.8, 4) is 5.75 Å². The topological polar surface area (TPSA) is 50.4 Å². The second-order valence-corrected chi connectivity index (χ2v) is 5.81. The van der Waals surface area contributed by atoms with Gasteiger partial charge in [-0.1, -0.05) is 19.9 Å². The molecule has 1 amide bonds. The first kappa shape index (κ1) is 14.7. The number of anilines is 1. The van der Waals surface area contributed by atoms with E-state index in [2.05, 4.69) is 24.5 Å². The molecule has 1 aliphatic carbocycles. The average molecular weight is 276 g/mol. The molecule has 0 saturated heterocycles. The summed E-state index contributed by atoms with van der Waals surface area (Å²) in [6.07, 6.45) is 2.47. The van der Waals surface area contributed by atoms with Gasteiger partial charge in [0.1, 0.15) is 5.75 Å². The zero-order valence-corrected chi connectivity index (χ0v) is 12.5. The summed E-state index contributed by atoms with van der Waals surface area (Å²) < 4.78 is 5.44. The summed E-state index contributed by atoms with van der Waals surface area (Å²) in [5.74, 6) is 2.22. The number of hydrogen-bond acceptors (Lipinski definition) is 3. The van der Waals surface area contributed by atoms with Gasteiger partial charge in [-0.15, -0.1) is 0 Å². The van der Waals surface area contributed by atoms with E-state index in [0.717, 1.165) is 23.3 Å². The van der Waals surface area contributed by atoms with E-state index >= 15 is 0 Å². The van der Waals surface area contributed by atoms with E-state index in [9.17, 15) is 4.79 Å². The van der Waals surface area contributed by atoms with Gasteiger partial charge in [0.25, 0.3) is 5.91 Å². The predicted octanol–water partition coefficient (Wildman–Crippen LogP) is 2.66. The maximum atomic E-state index is 11.2. The molecule has 4 heteroatoms. The van der Waals surface area contributed by atoms with Gasteiger partial charge in [0, 0.05) is 24.8 Å². The number of amides is 1. The van der Waals surface area contributed by atoms with Crippen LogP contribution in [0.25, 0.3) is 0 Å². The summed E-state index contributed by atoms with van der Waals surface area (Å²) >= 11 is 0. The van der Waals surface area contributed by atoms with Crippen molar-refractivity contribution in [1.29, 1.82) is 0 Å². The number of nitrogens with one attached hydrogen (secondary N) is 2. The highest BCUT2D eigenvalue weighted by molar-refractivity contribution is 5.77. The van der Waals surface area contributed by atoms with Gasteiger partial charge in [-0.05, 0) is 36.8 Å². The first-order chi connectivity index (χ1) is 9.58. The monoisotopic (exact) mass is 276 g/mol. The number of ether oxygens (including phenoxy) is 1. The van der Waals surface area contributed by atoms with Crippen molar-refractivity contribution in [2.45, 2.75) is 32.7 Å². The first-order valence-electron chi connectivity index (χ1n) is 7.28. The molecule has 0 radical (unpaired) electrons. The fourth-order valence-corrected chi connectivity index (χ4v) is 2.46. The molecule has 20 heavy (non-hydrogen) atoms. The summed E-state index contributed by atoms with van der Waals surface area (Å²) in [6, 6.07) is 8.36. The number of carbonyl (C=O) groups excluding carboxylic acids is 1. The molecule has 0 spiro atoms. The largest absolute Gasteiger partial charge is 0.484 e. The van der Waals surface area contributed by atoms with Gasteiger partial charge in [-0.25, -0.2) is 0 Å². The lowest BCUT2D eigenvalue weighted by atomic mass is 9.73. The zero-order chi connectivity index (χ0) is 14.5. The Hall–Kier alpha value is -1.71. The van der Waals surface area contributed by atoms with E-state index in [1.807, 2.05) is 24.3 Å². The molecule has 0 unspecified atom stereocenters. The number of rotatable bonds is 6. The Morgan fingerprint density at radius 1 is 1.40 bits per heavy atom. The number of hydrogen-bond donors (Lipinski definition) is 2. The minimum Gasteiger partial charge on any atom is -0.484 e. The Balaban J connectivity index is 1.83. The smallest absolute Gasteiger partial charge is 0.257 e. The molecule has 0 aliphatic heterocycles. The molecular formula is C16H24N2O2. The standard InChI is InChI=1S/C16H24N2O2/c1-11(2)12-7-14(8-12)18-13-5-4-6-15(9-13)20-10-16(19)17-3/h4-6,9,11-12,14,18H,7-8,10H2,1-3H3,(H,17,19). The van der Waals surface area contributed by atoms with Crippen molar-refractivity contribution in [2.75, 3.05) is 19.0 Å². The highest BCUT2D eigenvalue weighted by atomic mass is 16.5. The SMILES string of the molecule is CNC(=O)COc1cccc(NC2CC(C(C)C)C2)c1. The molecule has 1 aliphatic rings. The van der Waals surface area contributed by atoms with Crippen LogP contribution in [-0.4, -0.2) is 25.6 Å². The molecule has 2 N–H and O–H groups in total. The predicted molar refractivity (Wildman–Crippen MR) is 81.0 cm³/mol. The van der Waals surface area contributed by atoms with E-state index in [1.165, 1.54) is 12.8 Å². The number of carbonyl (C=O) groups is 1. The van der Waals surface area contributed by atoms with Gasteiger partial charge in [-0.3, -0.25) is 4.79 Å². The van der Waals surface area contributed by atoms with Gasteiger partial charge >= 0.3 is 0 Å². The van der Waals surface area contributed by atoms with Crippen LogP contribution in [0.1, 0.15) is 26.7 Å². The molecule has 2 rings (SSSR count). The van der Waals surface area contributed by atoms with Crippen LogP contribution >= 0.6 is 0 Å². The average Bonchev–Trinajstić information content (AvgIpc) is 2.39. The highest BCUT2D eigenvalue weighted by Gasteiger charge is 2.30. The van der Waals surface area contributed by atoms with Crippen molar-refractivity contribution in [1.82, 2.24) is 5.32 Å². The minimum absolute atomic E-state index is 0.0544. The number of likely N-dealkylation sites (N-methyl/N-ethyl adjacent to an activating group) is 1. The van der Waals surface area contributed by atoms with E-state index < -0.39 is 0 Å². The maximum Gasteiger partial charge on any atom is 0.257 e. The molecule has 110 valence electrons. The molecule has 0 atom stereocenters. The molecule has 0 aromatic heterocycles. The van der Waals surface area contributed by atoms with Crippen molar-refractivity contribution in [3.05, 3.63) is 24.3 Å². The fourth-order valence-electron chi connectivity index (χ4n) is 2.46. The van der Waals surface area contributed by atoms with E-state index in [4.69, 9.17) is 4.74 Å². The Labute approximate surface area is 120 Å². The summed E-state index contributed by atoms with van der Waals surface area (Å²) in [5, 5.41) is 6.06. The van der Waals surface area contributed by atoms with Crippen molar-refractivity contribution in [3.63, 3.8) is 0 Å². The van der Waals surface area contributed by atoms with Crippen LogP contribution in [-0.2, 0) is 4.79 Å². The van der Waals surface area contributed by atoms with Crippen LogP contribution in [0, 0.1) is 11.8 Å². The third-order valence-corrected chi connectivity index (χ3v) is 3.97. The molecule has 0 heterocycles. The maximum absolute atomic E-state index is 11.2. The van der Waals surface area contributed by atoms with Crippen LogP contribution in [0.2, 0.25) is 0 Å². The lowest BCUT2D eigenvalue weighted by Crippen LogP contribution is -2.37. The molecule has 1 saturated carbocycles. The van der Waals surface area contributed by atoms with Crippen LogP contribution in [0.5, 0.6) is 5.75 Å². The number of benzene rings is 1. The molecular weight excluding hydrogens is 252 g/mol. The highest BCUT2D eigenvalue weighted by Crippen LogP contribution is 2.35. The van der Waals surface area contributed by atoms with Gasteiger partial charge in [-0.2, -0.15) is 0 Å². The summed E-state index contributed by atoms with van der Waals surface area (Å²) in [5.41, 5.74) is 1.06. The van der Waals surface area contributed by atoms with Crippen LogP contribution < -0.4 is 15.4 Å². The third-order valence-electron chi connectivity index (χ3n) is 3.97. The normalized spacial score (nSPS) is 21.2. The summed E-state index contributed by atoms with van der Waals surface area (Å²) in [6.45, 7) is 4.63. The Morgan fingerprint density at radius 2 is 2.15 bits per heavy atom. The second-order valence-electron chi connectivity index (χ2n) is 5.81. The van der Waals surface area contributed by atoms with Gasteiger partial charge in [0.05, 0.1) is 0 Å². The molecule has 1 aromatic rings. The van der Waals surface area contributed by atoms with E-state index in [0.29, 0.717) is 6.04 Å². The molecule has 0 bridgehead atoms. The van der Waals surface area contributed by atoms with Crippen molar-refractivity contribution >= 4 is 11.6 Å². The van der Waals surface area contributed by atoms with Crippen LogP contribution in [0.15, 0.2) is 24.3 Å². The van der Waals surface area contributed by atoms with Crippen molar-refractivity contribution in [2.24, 2.45) is 11.8 Å². The fraction of sp³-hybridized carbons (Fsp3) is 0.562. The Bertz CT molecular complexity index is 454. The van der Waals surface area contributed by atoms with Gasteiger partial charge in [0.2, 0.25) is 0 Å².